The van der Waals surface area contributed by atoms with Gasteiger partial charge >= 0.3 is 0 Å². The van der Waals surface area contributed by atoms with Crippen LogP contribution in [-0.4, -0.2) is 4.98 Å². The third-order valence-corrected chi connectivity index (χ3v) is 0.809. The quantitative estimate of drug-likeness (QED) is 0.490. The molecule has 38 valence electrons. The molecule has 0 aromatic carbocycles. The second-order valence-electron chi connectivity index (χ2n) is 1.35. The standard InChI is InChI=1S/C6H4N2/c7-5-6-1-3-8-4-2-6/h1-4H/i5-1. The van der Waals surface area contributed by atoms with E-state index in [1.165, 1.54) is 0 Å². The number of nitrogens with zero attached hydrogens (tertiary/aromatic N) is 2. The molecule has 2 nitrogen and oxygen atoms in total. The van der Waals surface area contributed by atoms with E-state index in [-0.39, 0.29) is 0 Å². The molecule has 1 rings (SSSR count). The Morgan fingerprint density at radius 1 is 1.38 bits per heavy atom. The molecule has 1 heterocycles. The first kappa shape index (κ1) is 4.79. The predicted octanol–water partition coefficient (Wildman–Crippen LogP) is 0.953. The monoisotopic (exact) mass is 103 g/mol. The first-order valence-corrected chi connectivity index (χ1v) is 2.23. The maximum absolute atomic E-state index is 8.26. The Morgan fingerprint density at radius 3 is 2.38 bits per heavy atom. The van der Waals surface area contributed by atoms with Crippen molar-refractivity contribution in [3.63, 3.8) is 0 Å². The molecule has 0 fully saturated rings. The molecule has 0 saturated heterocycles. The summed E-state index contributed by atoms with van der Waals surface area (Å²) in [6, 6.07) is 5.32. The second kappa shape index (κ2) is 2.08. The van der Waals surface area contributed by atoms with E-state index in [9.17, 15) is 0 Å². The number of hydrogen-bond donors (Lipinski definition) is 0. The van der Waals surface area contributed by atoms with E-state index < -0.39 is 0 Å². The summed E-state index contributed by atoms with van der Waals surface area (Å²) in [4.78, 5) is 3.74. The summed E-state index contributed by atoms with van der Waals surface area (Å²) in [5, 5.41) is 8.26. The van der Waals surface area contributed by atoms with Crippen LogP contribution in [0.3, 0.4) is 0 Å². The molecule has 8 heavy (non-hydrogen) atoms. The van der Waals surface area contributed by atoms with Gasteiger partial charge < -0.3 is 0 Å². The fourth-order valence-corrected chi connectivity index (χ4v) is 0.426. The molecular weight excluding hydrogens is 99.1 g/mol. The SMILES string of the molecule is N#[11C]c1ccncc1. The Balaban J connectivity index is 3.05. The highest BCUT2D eigenvalue weighted by atomic mass is 14.6. The molecule has 0 saturated carbocycles. The number of nitriles is 1. The van der Waals surface area contributed by atoms with Crippen LogP contribution in [0, 0.1) is 11.3 Å². The van der Waals surface area contributed by atoms with Crippen LogP contribution in [0.15, 0.2) is 24.5 Å². The summed E-state index contributed by atoms with van der Waals surface area (Å²) < 4.78 is 0. The Labute approximate surface area is 47.4 Å². The van der Waals surface area contributed by atoms with Gasteiger partial charge in [-0.05, 0) is 12.1 Å². The van der Waals surface area contributed by atoms with Gasteiger partial charge in [-0.15, -0.1) is 0 Å². The summed E-state index contributed by atoms with van der Waals surface area (Å²) in [6.07, 6.45) is 3.19. The minimum absolute atomic E-state index is 0.653. The van der Waals surface area contributed by atoms with E-state index in [2.05, 4.69) is 4.98 Å². The van der Waals surface area contributed by atoms with E-state index >= 15 is 0 Å². The maximum Gasteiger partial charge on any atom is 0.0992 e. The maximum atomic E-state index is 8.26. The van der Waals surface area contributed by atoms with Crippen molar-refractivity contribution in [1.82, 2.24) is 4.98 Å². The minimum atomic E-state index is 0.653. The lowest BCUT2D eigenvalue weighted by Gasteiger charge is -1.79. The molecule has 0 radical (unpaired) electrons. The fourth-order valence-electron chi connectivity index (χ4n) is 0.426. The fraction of sp³-hybridized carbons (Fsp3) is 0. The lowest BCUT2D eigenvalue weighted by molar-refractivity contribution is 1.31. The normalized spacial score (nSPS) is 7.88. The zero-order valence-electron chi connectivity index (χ0n) is 4.20. The third-order valence-electron chi connectivity index (χ3n) is 0.809. The molecule has 0 spiro atoms. The van der Waals surface area contributed by atoms with Crippen LogP contribution in [-0.2, 0) is 0 Å². The third kappa shape index (κ3) is 0.824. The Morgan fingerprint density at radius 2 is 2.00 bits per heavy atom. The van der Waals surface area contributed by atoms with Gasteiger partial charge in [0.25, 0.3) is 0 Å². The Kier molecular flexibility index (Phi) is 1.25. The van der Waals surface area contributed by atoms with Gasteiger partial charge in [0.2, 0.25) is 0 Å². The van der Waals surface area contributed by atoms with E-state index in [4.69, 9.17) is 5.26 Å². The van der Waals surface area contributed by atoms with Gasteiger partial charge in [-0.3, -0.25) is 4.98 Å². The van der Waals surface area contributed by atoms with Gasteiger partial charge in [0.15, 0.2) is 0 Å². The van der Waals surface area contributed by atoms with Crippen LogP contribution in [0.1, 0.15) is 5.56 Å². The van der Waals surface area contributed by atoms with Gasteiger partial charge in [-0.2, -0.15) is 5.26 Å². The highest BCUT2D eigenvalue weighted by Gasteiger charge is 1.80. The first-order chi connectivity index (χ1) is 3.93. The van der Waals surface area contributed by atoms with Gasteiger partial charge in [-0.1, -0.05) is 0 Å². The van der Waals surface area contributed by atoms with Crippen molar-refractivity contribution in [2.24, 2.45) is 0 Å². The molecule has 1 aromatic rings. The molecule has 0 aliphatic heterocycles. The highest BCUT2D eigenvalue weighted by molar-refractivity contribution is 5.24. The zero-order valence-corrected chi connectivity index (χ0v) is 4.20. The summed E-state index contributed by atoms with van der Waals surface area (Å²) in [5.41, 5.74) is 0.653. The molecule has 0 unspecified atom stereocenters. The van der Waals surface area contributed by atoms with Gasteiger partial charge in [0, 0.05) is 12.4 Å². The van der Waals surface area contributed by atoms with E-state index in [1.54, 1.807) is 24.5 Å². The molecule has 0 amide bonds. The summed E-state index contributed by atoms with van der Waals surface area (Å²) >= 11 is 0. The van der Waals surface area contributed by atoms with Crippen molar-refractivity contribution in [3.05, 3.63) is 30.1 Å². The molecule has 0 atom stereocenters. The van der Waals surface area contributed by atoms with Crippen LogP contribution in [0.25, 0.3) is 0 Å². The van der Waals surface area contributed by atoms with E-state index in [0.29, 0.717) is 5.56 Å². The second-order valence-corrected chi connectivity index (χ2v) is 1.35. The van der Waals surface area contributed by atoms with Crippen LogP contribution < -0.4 is 0 Å². The lowest BCUT2D eigenvalue weighted by Crippen LogP contribution is -1.71. The average Bonchev–Trinajstić information content (AvgIpc) is 1.90. The minimum Gasteiger partial charge on any atom is -0.265 e. The number of aromatic nitrogens is 1. The van der Waals surface area contributed by atoms with Crippen molar-refractivity contribution in [2.75, 3.05) is 0 Å². The van der Waals surface area contributed by atoms with E-state index in [1.807, 2.05) is 6.07 Å². The smallest absolute Gasteiger partial charge is 0.0992 e. The van der Waals surface area contributed by atoms with Crippen molar-refractivity contribution >= 4 is 0 Å². The highest BCUT2D eigenvalue weighted by Crippen LogP contribution is 1.89. The van der Waals surface area contributed by atoms with Gasteiger partial charge in [0.1, 0.15) is 0 Å². The van der Waals surface area contributed by atoms with Gasteiger partial charge in [0.05, 0.1) is 11.6 Å². The molecule has 1 aromatic heterocycles. The predicted molar refractivity (Wildman–Crippen MR) is 29.0 cm³/mol. The van der Waals surface area contributed by atoms with Crippen LogP contribution in [0.2, 0.25) is 0 Å². The molecule has 0 aliphatic rings. The number of pyridine rings is 1. The van der Waals surface area contributed by atoms with Crippen LogP contribution in [0.4, 0.5) is 0 Å². The average molecular weight is 103 g/mol. The van der Waals surface area contributed by atoms with Crippen molar-refractivity contribution < 1.29 is 0 Å². The van der Waals surface area contributed by atoms with Crippen molar-refractivity contribution in [3.8, 4) is 6.07 Å². The Hall–Kier alpha value is -1.36. The molecule has 0 N–H and O–H groups in total. The van der Waals surface area contributed by atoms with Crippen LogP contribution >= 0.6 is 0 Å². The Bertz CT molecular complexity index is 198. The number of hydrogen-bond acceptors (Lipinski definition) is 2. The molecular formula is C6H4N2. The van der Waals surface area contributed by atoms with Crippen LogP contribution in [0.5, 0.6) is 0 Å². The molecule has 0 aliphatic carbocycles. The zero-order chi connectivity index (χ0) is 5.82. The summed E-state index contributed by atoms with van der Waals surface area (Å²) in [6.45, 7) is 0. The first-order valence-electron chi connectivity index (χ1n) is 2.23. The topological polar surface area (TPSA) is 36.7 Å². The summed E-state index contributed by atoms with van der Waals surface area (Å²) in [7, 11) is 0. The largest absolute Gasteiger partial charge is 0.265 e. The lowest BCUT2D eigenvalue weighted by atomic mass is 10.0. The molecule has 2 heteroatoms. The van der Waals surface area contributed by atoms with E-state index in [0.717, 1.165) is 0 Å². The summed E-state index contributed by atoms with van der Waals surface area (Å²) in [5.74, 6) is 0. The van der Waals surface area contributed by atoms with Crippen molar-refractivity contribution in [2.45, 2.75) is 0 Å². The van der Waals surface area contributed by atoms with Crippen molar-refractivity contribution in [1.29, 1.82) is 5.26 Å². The molecule has 0 bridgehead atoms. The number of rotatable bonds is 0. The van der Waals surface area contributed by atoms with Gasteiger partial charge in [-0.25, -0.2) is 0 Å².